The van der Waals surface area contributed by atoms with E-state index in [1.807, 2.05) is 18.2 Å². The van der Waals surface area contributed by atoms with Gasteiger partial charge in [0.05, 0.1) is 12.2 Å². The largest absolute Gasteiger partial charge is 0.870 e. The first kappa shape index (κ1) is 30.1. The Hall–Kier alpha value is -3.91. The summed E-state index contributed by atoms with van der Waals surface area (Å²) in [7, 11) is 0. The number of alkyl halides is 2. The number of fused-ring (bicyclic) bond motifs is 1. The molecule has 8 nitrogen and oxygen atoms in total. The number of pyridine rings is 1. The van der Waals surface area contributed by atoms with Gasteiger partial charge in [-0.3, -0.25) is 4.79 Å². The smallest absolute Gasteiger partial charge is 0.387 e. The molecule has 1 atom stereocenters. The first-order chi connectivity index (χ1) is 19.3. The van der Waals surface area contributed by atoms with Crippen LogP contribution in [0.4, 0.5) is 8.78 Å². The molecule has 1 saturated carbocycles. The molecule has 5 rings (SSSR count). The number of nitrogens with zero attached hydrogens (tertiary/aromatic N) is 2. The standard InChI is InChI=1S/C29H23Cl2F2N3O4.H2O/c30-22-12-35-13-23(31)21(22)10-26(18-7-8-25(40-29(32)33)27(9-18)38-16-17-5-6-17)39-28(37)15-36-14-19(11-34)20-3-1-2-4-24(20)36;/h1-4,7-9,12-14,17,26,29H,5-6,10,15-16H2;1H2/t26-;/m0./s1. The molecule has 2 heterocycles. The summed E-state index contributed by atoms with van der Waals surface area (Å²) in [4.78, 5) is 16.1. The van der Waals surface area contributed by atoms with Crippen LogP contribution < -0.4 is 14.5 Å². The van der Waals surface area contributed by atoms with Crippen LogP contribution in [0.2, 0.25) is 10.0 Å². The van der Waals surface area contributed by atoms with Crippen LogP contribution in [-0.2, 0) is 22.5 Å². The van der Waals surface area contributed by atoms with Gasteiger partial charge in [-0.2, -0.15) is 14.0 Å². The molecule has 1 fully saturated rings. The minimum Gasteiger partial charge on any atom is -0.870 e. The van der Waals surface area contributed by atoms with Crippen molar-refractivity contribution in [3.8, 4) is 17.6 Å². The van der Waals surface area contributed by atoms with Crippen LogP contribution in [0.3, 0.4) is 0 Å². The Bertz CT molecular complexity index is 1570. The van der Waals surface area contributed by atoms with Gasteiger partial charge < -0.3 is 24.3 Å². The molecule has 1 aliphatic carbocycles. The molecule has 2 N–H and O–H groups in total. The highest BCUT2D eigenvalue weighted by Gasteiger charge is 2.26. The molecule has 0 aliphatic heterocycles. The van der Waals surface area contributed by atoms with E-state index in [1.54, 1.807) is 29.2 Å². The monoisotopic (exact) mass is 603 g/mol. The van der Waals surface area contributed by atoms with Crippen LogP contribution >= 0.6 is 23.2 Å². The topological polar surface area (TPSA) is 118 Å². The summed E-state index contributed by atoms with van der Waals surface area (Å²) in [5, 5.41) is 10.9. The zero-order valence-electron chi connectivity index (χ0n) is 21.5. The van der Waals surface area contributed by atoms with Gasteiger partial charge in [-0.1, -0.05) is 47.5 Å². The van der Waals surface area contributed by atoms with Crippen molar-refractivity contribution >= 4 is 40.1 Å². The van der Waals surface area contributed by atoms with Crippen molar-refractivity contribution in [2.24, 2.45) is 5.92 Å². The molecule has 1 aliphatic rings. The minimum atomic E-state index is -3.03. The lowest BCUT2D eigenvalue weighted by atomic mass is 10.0. The number of aromatic nitrogens is 2. The molecule has 0 amide bonds. The number of ether oxygens (including phenoxy) is 3. The number of para-hydroxylation sites is 1. The molecule has 2 aromatic carbocycles. The van der Waals surface area contributed by atoms with Crippen LogP contribution in [0.5, 0.6) is 11.5 Å². The van der Waals surface area contributed by atoms with Crippen LogP contribution in [0.15, 0.2) is 61.1 Å². The molecule has 12 heteroatoms. The second-order valence-electron chi connectivity index (χ2n) is 9.45. The molecule has 41 heavy (non-hydrogen) atoms. The summed E-state index contributed by atoms with van der Waals surface area (Å²) < 4.78 is 44.2. The average molecular weight is 604 g/mol. The Morgan fingerprint density at radius 1 is 1.12 bits per heavy atom. The number of H-pyrrole nitrogens is 1. The SMILES string of the molecule is N#Cc1cn(CC(=O)O[C@@H](Cc2c(Cl)c[nH+]cc2Cl)c2ccc(OC(F)F)c(OCC3CC3)c2)c2ccccc12.[OH-]. The first-order valence-electron chi connectivity index (χ1n) is 12.6. The summed E-state index contributed by atoms with van der Waals surface area (Å²) in [5.74, 6) is -0.208. The van der Waals surface area contributed by atoms with Crippen molar-refractivity contribution in [3.63, 3.8) is 0 Å². The zero-order valence-corrected chi connectivity index (χ0v) is 23.0. The van der Waals surface area contributed by atoms with E-state index in [4.69, 9.17) is 32.7 Å². The number of hydrogen-bond acceptors (Lipinski definition) is 6. The lowest BCUT2D eigenvalue weighted by molar-refractivity contribution is -0.377. The van der Waals surface area contributed by atoms with E-state index < -0.39 is 18.7 Å². The van der Waals surface area contributed by atoms with Gasteiger partial charge in [-0.05, 0) is 42.5 Å². The fourth-order valence-corrected chi connectivity index (χ4v) is 4.94. The fraction of sp³-hybridized carbons (Fsp3) is 0.276. The number of carbonyl (C=O) groups is 1. The predicted molar refractivity (Wildman–Crippen MR) is 145 cm³/mol. The third kappa shape index (κ3) is 7.24. The molecule has 2 aromatic heterocycles. The van der Waals surface area contributed by atoms with Gasteiger partial charge in [0.2, 0.25) is 0 Å². The number of aromatic amines is 1. The van der Waals surface area contributed by atoms with Crippen molar-refractivity contribution in [2.45, 2.75) is 38.5 Å². The van der Waals surface area contributed by atoms with Gasteiger partial charge in [0.15, 0.2) is 23.9 Å². The van der Waals surface area contributed by atoms with Crippen LogP contribution in [0.25, 0.3) is 10.9 Å². The van der Waals surface area contributed by atoms with Crippen molar-refractivity contribution in [2.75, 3.05) is 6.61 Å². The lowest BCUT2D eigenvalue weighted by Crippen LogP contribution is -2.19. The normalized spacial score (nSPS) is 13.4. The number of hydrogen-bond donors (Lipinski definition) is 0. The summed E-state index contributed by atoms with van der Waals surface area (Å²) in [5.41, 5.74) is 2.16. The van der Waals surface area contributed by atoms with Gasteiger partial charge in [-0.25, -0.2) is 4.98 Å². The maximum Gasteiger partial charge on any atom is 0.387 e. The van der Waals surface area contributed by atoms with E-state index in [0.717, 1.165) is 18.2 Å². The molecule has 0 bridgehead atoms. The highest BCUT2D eigenvalue weighted by molar-refractivity contribution is 6.35. The Balaban J connectivity index is 0.00000387. The maximum absolute atomic E-state index is 13.3. The number of benzene rings is 2. The van der Waals surface area contributed by atoms with Crippen LogP contribution in [-0.4, -0.2) is 29.2 Å². The van der Waals surface area contributed by atoms with E-state index in [9.17, 15) is 18.8 Å². The van der Waals surface area contributed by atoms with E-state index in [2.05, 4.69) is 15.8 Å². The minimum absolute atomic E-state index is 0. The number of halogens is 4. The molecule has 0 spiro atoms. The number of esters is 1. The first-order valence-corrected chi connectivity index (χ1v) is 13.3. The molecule has 0 radical (unpaired) electrons. The Morgan fingerprint density at radius 2 is 1.85 bits per heavy atom. The molecule has 4 aromatic rings. The van der Waals surface area contributed by atoms with E-state index in [1.165, 1.54) is 18.2 Å². The van der Waals surface area contributed by atoms with Crippen molar-refractivity contribution in [3.05, 3.63) is 87.8 Å². The van der Waals surface area contributed by atoms with Gasteiger partial charge in [0.1, 0.15) is 28.8 Å². The number of nitrogens with one attached hydrogen (secondary N) is 1. The van der Waals surface area contributed by atoms with Crippen LogP contribution in [0.1, 0.15) is 35.6 Å². The Labute approximate surface area is 244 Å². The molecule has 214 valence electrons. The van der Waals surface area contributed by atoms with Crippen LogP contribution in [0, 0.1) is 17.2 Å². The molecule has 0 saturated heterocycles. The summed E-state index contributed by atoms with van der Waals surface area (Å²) in [6.07, 6.45) is 5.93. The summed E-state index contributed by atoms with van der Waals surface area (Å²) in [6.45, 7) is -2.84. The number of carbonyl (C=O) groups excluding carboxylic acids is 1. The molecular formula is C29H25Cl2F2N3O5. The quantitative estimate of drug-likeness (QED) is 0.184. The average Bonchev–Trinajstić information content (AvgIpc) is 3.70. The van der Waals surface area contributed by atoms with Crippen molar-refractivity contribution in [1.82, 2.24) is 4.57 Å². The van der Waals surface area contributed by atoms with Gasteiger partial charge in [-0.15, -0.1) is 0 Å². The van der Waals surface area contributed by atoms with E-state index in [0.29, 0.717) is 44.8 Å². The highest BCUT2D eigenvalue weighted by Crippen LogP contribution is 2.38. The maximum atomic E-state index is 13.3. The number of nitriles is 1. The van der Waals surface area contributed by atoms with Crippen molar-refractivity contribution in [1.29, 1.82) is 5.26 Å². The van der Waals surface area contributed by atoms with E-state index >= 15 is 0 Å². The third-order valence-corrected chi connectivity index (χ3v) is 7.27. The predicted octanol–water partition coefficient (Wildman–Crippen LogP) is 6.37. The fourth-order valence-electron chi connectivity index (χ4n) is 4.41. The number of rotatable bonds is 11. The molecule has 0 unspecified atom stereocenters. The van der Waals surface area contributed by atoms with Crippen molar-refractivity contribution < 1.29 is 38.2 Å². The second kappa shape index (κ2) is 13.2. The molecular weight excluding hydrogens is 579 g/mol. The van der Waals surface area contributed by atoms with Gasteiger partial charge >= 0.3 is 12.6 Å². The Morgan fingerprint density at radius 3 is 2.54 bits per heavy atom. The van der Waals surface area contributed by atoms with Gasteiger partial charge in [0.25, 0.3) is 0 Å². The summed E-state index contributed by atoms with van der Waals surface area (Å²) in [6, 6.07) is 13.8. The second-order valence-corrected chi connectivity index (χ2v) is 10.3. The van der Waals surface area contributed by atoms with Gasteiger partial charge in [0, 0.05) is 29.1 Å². The zero-order chi connectivity index (χ0) is 28.2. The Kier molecular flexibility index (Phi) is 9.65. The highest BCUT2D eigenvalue weighted by atomic mass is 35.5. The van der Waals surface area contributed by atoms with E-state index in [-0.39, 0.29) is 29.9 Å². The third-order valence-electron chi connectivity index (χ3n) is 6.60. The summed E-state index contributed by atoms with van der Waals surface area (Å²) >= 11 is 12.8. The lowest BCUT2D eigenvalue weighted by Gasteiger charge is -2.21.